The molecule has 2 heterocycles. The third-order valence-electron chi connectivity index (χ3n) is 4.91. The molecular formula is C21H20N6O2S. The molecule has 4 aromatic rings. The van der Waals surface area contributed by atoms with Crippen LogP contribution in [-0.4, -0.2) is 37.4 Å². The summed E-state index contributed by atoms with van der Waals surface area (Å²) >= 11 is 1.10. The molecule has 152 valence electrons. The summed E-state index contributed by atoms with van der Waals surface area (Å²) in [5.74, 6) is 0.849. The van der Waals surface area contributed by atoms with Gasteiger partial charge in [-0.25, -0.2) is 4.68 Å². The first-order chi connectivity index (χ1) is 14.5. The van der Waals surface area contributed by atoms with E-state index in [0.717, 1.165) is 28.5 Å². The van der Waals surface area contributed by atoms with Gasteiger partial charge in [-0.05, 0) is 62.2 Å². The van der Waals surface area contributed by atoms with E-state index < -0.39 is 0 Å². The fourth-order valence-corrected chi connectivity index (χ4v) is 3.58. The van der Waals surface area contributed by atoms with E-state index in [1.165, 1.54) is 5.56 Å². The number of hydrogen-bond acceptors (Lipinski definition) is 7. The van der Waals surface area contributed by atoms with E-state index in [9.17, 15) is 4.79 Å². The molecule has 1 amide bonds. The monoisotopic (exact) mass is 420 g/mol. The summed E-state index contributed by atoms with van der Waals surface area (Å²) in [6.45, 7) is 6.04. The van der Waals surface area contributed by atoms with Crippen molar-refractivity contribution in [3.63, 3.8) is 0 Å². The maximum atomic E-state index is 12.4. The molecule has 0 radical (unpaired) electrons. The summed E-state index contributed by atoms with van der Waals surface area (Å²) in [7, 11) is 1.58. The van der Waals surface area contributed by atoms with Gasteiger partial charge in [-0.15, -0.1) is 5.10 Å². The van der Waals surface area contributed by atoms with Gasteiger partial charge in [0, 0.05) is 17.1 Å². The summed E-state index contributed by atoms with van der Waals surface area (Å²) in [5, 5.41) is 11.7. The van der Waals surface area contributed by atoms with E-state index in [1.54, 1.807) is 36.1 Å². The van der Waals surface area contributed by atoms with E-state index >= 15 is 0 Å². The van der Waals surface area contributed by atoms with Gasteiger partial charge in [0.15, 0.2) is 11.5 Å². The van der Waals surface area contributed by atoms with Crippen molar-refractivity contribution in [3.05, 3.63) is 64.8 Å². The van der Waals surface area contributed by atoms with E-state index in [2.05, 4.69) is 44.9 Å². The molecule has 2 aromatic heterocycles. The Morgan fingerprint density at radius 1 is 1.10 bits per heavy atom. The normalized spacial score (nSPS) is 10.8. The average Bonchev–Trinajstić information content (AvgIpc) is 3.36. The number of benzene rings is 2. The lowest BCUT2D eigenvalue weighted by atomic mass is 10.1. The lowest BCUT2D eigenvalue weighted by molar-refractivity contribution is 0.102. The Morgan fingerprint density at radius 2 is 1.87 bits per heavy atom. The predicted molar refractivity (Wildman–Crippen MR) is 115 cm³/mol. The van der Waals surface area contributed by atoms with Gasteiger partial charge in [-0.1, -0.05) is 17.3 Å². The number of nitrogens with one attached hydrogen (secondary N) is 1. The van der Waals surface area contributed by atoms with Crippen molar-refractivity contribution < 1.29 is 9.53 Å². The smallest absolute Gasteiger partial charge is 0.257 e. The first-order valence-corrected chi connectivity index (χ1v) is 10.0. The minimum atomic E-state index is -0.267. The highest BCUT2D eigenvalue weighted by Crippen LogP contribution is 2.26. The molecule has 30 heavy (non-hydrogen) atoms. The number of ether oxygens (including phenoxy) is 1. The zero-order valence-corrected chi connectivity index (χ0v) is 17.8. The summed E-state index contributed by atoms with van der Waals surface area (Å²) < 4.78 is 11.2. The standard InChI is InChI=1S/C21H20N6O2S/c1-12-6-5-7-17(13(12)2)27-14(3)18(24-26-27)19-22-21(30-25-19)23-20(28)15-8-10-16(29-4)11-9-15/h5-11H,1-4H3,(H,22,23,25,28). The molecule has 4 rings (SSSR count). The molecule has 0 saturated heterocycles. The topological polar surface area (TPSA) is 94.8 Å². The Morgan fingerprint density at radius 3 is 2.60 bits per heavy atom. The molecule has 9 heteroatoms. The van der Waals surface area contributed by atoms with Gasteiger partial charge >= 0.3 is 0 Å². The number of methoxy groups -OCH3 is 1. The van der Waals surface area contributed by atoms with Crippen molar-refractivity contribution in [1.29, 1.82) is 0 Å². The molecule has 0 atom stereocenters. The number of carbonyl (C=O) groups is 1. The lowest BCUT2D eigenvalue weighted by Crippen LogP contribution is -2.11. The fraction of sp³-hybridized carbons (Fsp3) is 0.190. The van der Waals surface area contributed by atoms with Crippen LogP contribution in [0, 0.1) is 20.8 Å². The predicted octanol–water partition coefficient (Wildman–Crippen LogP) is 3.97. The molecule has 0 saturated carbocycles. The van der Waals surface area contributed by atoms with Crippen LogP contribution >= 0.6 is 11.5 Å². The largest absolute Gasteiger partial charge is 0.497 e. The molecule has 8 nitrogen and oxygen atoms in total. The Labute approximate surface area is 177 Å². The second-order valence-corrected chi connectivity index (χ2v) is 7.51. The number of aryl methyl sites for hydroxylation is 1. The van der Waals surface area contributed by atoms with Crippen molar-refractivity contribution in [2.45, 2.75) is 20.8 Å². The van der Waals surface area contributed by atoms with Crippen molar-refractivity contribution in [1.82, 2.24) is 24.4 Å². The van der Waals surface area contributed by atoms with Crippen LogP contribution in [0.4, 0.5) is 5.13 Å². The van der Waals surface area contributed by atoms with Crippen molar-refractivity contribution in [3.8, 4) is 23.0 Å². The van der Waals surface area contributed by atoms with Gasteiger partial charge in [0.05, 0.1) is 18.5 Å². The average molecular weight is 420 g/mol. The van der Waals surface area contributed by atoms with Gasteiger partial charge in [-0.3, -0.25) is 10.1 Å². The third-order valence-corrected chi connectivity index (χ3v) is 5.54. The Kier molecular flexibility index (Phi) is 5.28. The zero-order chi connectivity index (χ0) is 21.3. The van der Waals surface area contributed by atoms with Gasteiger partial charge in [0.25, 0.3) is 5.91 Å². The number of nitrogens with zero attached hydrogens (tertiary/aromatic N) is 5. The summed E-state index contributed by atoms with van der Waals surface area (Å²) in [5.41, 5.74) is 5.20. The van der Waals surface area contributed by atoms with Crippen LogP contribution in [0.5, 0.6) is 5.75 Å². The van der Waals surface area contributed by atoms with Crippen LogP contribution in [0.2, 0.25) is 0 Å². The van der Waals surface area contributed by atoms with Crippen LogP contribution in [0.15, 0.2) is 42.5 Å². The highest BCUT2D eigenvalue weighted by molar-refractivity contribution is 7.10. The number of rotatable bonds is 5. The molecule has 0 spiro atoms. The minimum absolute atomic E-state index is 0.267. The Hall–Kier alpha value is -3.59. The Bertz CT molecular complexity index is 1210. The molecule has 0 aliphatic rings. The fourth-order valence-electron chi connectivity index (χ4n) is 3.01. The number of amides is 1. The molecule has 0 unspecified atom stereocenters. The van der Waals surface area contributed by atoms with Crippen molar-refractivity contribution in [2.75, 3.05) is 12.4 Å². The third kappa shape index (κ3) is 3.67. The van der Waals surface area contributed by atoms with Crippen molar-refractivity contribution in [2.24, 2.45) is 0 Å². The summed E-state index contributed by atoms with van der Waals surface area (Å²) in [6, 6.07) is 12.9. The molecule has 0 aliphatic carbocycles. The van der Waals surface area contributed by atoms with Crippen molar-refractivity contribution >= 4 is 22.6 Å². The van der Waals surface area contributed by atoms with Crippen LogP contribution in [-0.2, 0) is 0 Å². The zero-order valence-electron chi connectivity index (χ0n) is 17.0. The van der Waals surface area contributed by atoms with Crippen LogP contribution in [0.1, 0.15) is 27.2 Å². The number of carbonyl (C=O) groups excluding carboxylic acids is 1. The van der Waals surface area contributed by atoms with E-state index in [1.807, 2.05) is 19.1 Å². The maximum Gasteiger partial charge on any atom is 0.257 e. The number of aromatic nitrogens is 5. The molecule has 0 fully saturated rings. The number of hydrogen-bond donors (Lipinski definition) is 1. The molecule has 0 bridgehead atoms. The summed E-state index contributed by atoms with van der Waals surface area (Å²) in [4.78, 5) is 16.9. The Balaban J connectivity index is 1.56. The second kappa shape index (κ2) is 8.03. The van der Waals surface area contributed by atoms with E-state index in [-0.39, 0.29) is 5.91 Å². The highest BCUT2D eigenvalue weighted by atomic mass is 32.1. The lowest BCUT2D eigenvalue weighted by Gasteiger charge is -2.09. The number of anilines is 1. The van der Waals surface area contributed by atoms with Gasteiger partial charge in [0.2, 0.25) is 5.13 Å². The first-order valence-electron chi connectivity index (χ1n) is 9.26. The maximum absolute atomic E-state index is 12.4. The minimum Gasteiger partial charge on any atom is -0.497 e. The first kappa shape index (κ1) is 19.7. The SMILES string of the molecule is COc1ccc(C(=O)Nc2nc(-c3nnn(-c4cccc(C)c4C)c3C)ns2)cc1. The van der Waals surface area contributed by atoms with Crippen LogP contribution in [0.25, 0.3) is 17.2 Å². The van der Waals surface area contributed by atoms with Gasteiger partial charge < -0.3 is 4.74 Å². The molecule has 1 N–H and O–H groups in total. The molecular weight excluding hydrogens is 400 g/mol. The van der Waals surface area contributed by atoms with E-state index in [0.29, 0.717) is 28.0 Å². The highest BCUT2D eigenvalue weighted by Gasteiger charge is 2.19. The van der Waals surface area contributed by atoms with Gasteiger partial charge in [0.1, 0.15) is 5.75 Å². The van der Waals surface area contributed by atoms with Crippen LogP contribution in [0.3, 0.4) is 0 Å². The van der Waals surface area contributed by atoms with E-state index in [4.69, 9.17) is 4.74 Å². The van der Waals surface area contributed by atoms with Gasteiger partial charge in [-0.2, -0.15) is 9.36 Å². The quantitative estimate of drug-likeness (QED) is 0.525. The molecule has 2 aromatic carbocycles. The second-order valence-electron chi connectivity index (χ2n) is 6.76. The summed E-state index contributed by atoms with van der Waals surface area (Å²) in [6.07, 6.45) is 0. The van der Waals surface area contributed by atoms with Crippen LogP contribution < -0.4 is 10.1 Å². The molecule has 0 aliphatic heterocycles.